The van der Waals surface area contributed by atoms with Gasteiger partial charge in [0.1, 0.15) is 0 Å². The molecule has 3 aromatic rings. The van der Waals surface area contributed by atoms with Gasteiger partial charge in [-0.1, -0.05) is 24.3 Å². The zero-order chi connectivity index (χ0) is 23.8. The number of methoxy groups -OCH3 is 2. The van der Waals surface area contributed by atoms with Crippen LogP contribution < -0.4 is 20.1 Å². The molecule has 0 bridgehead atoms. The first-order valence-corrected chi connectivity index (χ1v) is 11.0. The second-order valence-corrected chi connectivity index (χ2v) is 8.46. The van der Waals surface area contributed by atoms with Crippen LogP contribution in [-0.4, -0.2) is 20.0 Å². The molecule has 0 saturated carbocycles. The number of hydrogen-bond donors (Lipinski definition) is 2. The number of benzene rings is 3. The SMILES string of the molecule is COc1ccc(C2CC(=O)C3=C(C2)Nc2ccccc2NC3c2ccc(F)c(F)c2)cc1OC. The van der Waals surface area contributed by atoms with E-state index < -0.39 is 17.7 Å². The quantitative estimate of drug-likeness (QED) is 0.501. The van der Waals surface area contributed by atoms with Crippen molar-refractivity contribution in [2.45, 2.75) is 24.8 Å². The number of allylic oxidation sites excluding steroid dienone is 1. The number of para-hydroxylation sites is 2. The summed E-state index contributed by atoms with van der Waals surface area (Å²) in [7, 11) is 3.16. The molecule has 0 fully saturated rings. The third-order valence-corrected chi connectivity index (χ3v) is 6.46. The van der Waals surface area contributed by atoms with Crippen molar-refractivity contribution < 1.29 is 23.0 Å². The van der Waals surface area contributed by atoms with Gasteiger partial charge in [-0.3, -0.25) is 4.79 Å². The van der Waals surface area contributed by atoms with Crippen molar-refractivity contribution in [3.63, 3.8) is 0 Å². The van der Waals surface area contributed by atoms with Crippen molar-refractivity contribution in [1.29, 1.82) is 0 Å². The predicted octanol–water partition coefficient (Wildman–Crippen LogP) is 5.96. The van der Waals surface area contributed by atoms with E-state index >= 15 is 0 Å². The highest BCUT2D eigenvalue weighted by Crippen LogP contribution is 2.45. The molecule has 5 nitrogen and oxygen atoms in total. The Morgan fingerprint density at radius 2 is 1.56 bits per heavy atom. The molecule has 2 unspecified atom stereocenters. The maximum absolute atomic E-state index is 14.1. The number of fused-ring (bicyclic) bond motifs is 1. The fourth-order valence-corrected chi connectivity index (χ4v) is 4.78. The lowest BCUT2D eigenvalue weighted by Crippen LogP contribution is -2.27. The van der Waals surface area contributed by atoms with Gasteiger partial charge in [0.2, 0.25) is 0 Å². The van der Waals surface area contributed by atoms with Crippen molar-refractivity contribution in [1.82, 2.24) is 0 Å². The summed E-state index contributed by atoms with van der Waals surface area (Å²) in [5, 5.41) is 6.81. The van der Waals surface area contributed by atoms with Crippen LogP contribution in [-0.2, 0) is 4.79 Å². The number of ketones is 1. The smallest absolute Gasteiger partial charge is 0.163 e. The number of hydrogen-bond acceptors (Lipinski definition) is 5. The molecule has 7 heteroatoms. The highest BCUT2D eigenvalue weighted by molar-refractivity contribution is 6.01. The third-order valence-electron chi connectivity index (χ3n) is 6.46. The summed E-state index contributed by atoms with van der Waals surface area (Å²) >= 11 is 0. The minimum absolute atomic E-state index is 0.0522. The summed E-state index contributed by atoms with van der Waals surface area (Å²) in [6, 6.07) is 16.4. The Balaban J connectivity index is 1.59. The molecular formula is C27H24F2N2O3. The molecule has 1 aliphatic heterocycles. The van der Waals surface area contributed by atoms with Crippen molar-refractivity contribution in [3.05, 3.63) is 94.7 Å². The maximum atomic E-state index is 14.1. The van der Waals surface area contributed by atoms with E-state index in [4.69, 9.17) is 9.47 Å². The van der Waals surface area contributed by atoms with Crippen LogP contribution in [0, 0.1) is 11.6 Å². The number of anilines is 2. The second-order valence-electron chi connectivity index (χ2n) is 8.46. The summed E-state index contributed by atoms with van der Waals surface area (Å²) in [4.78, 5) is 13.6. The highest BCUT2D eigenvalue weighted by Gasteiger charge is 2.36. The van der Waals surface area contributed by atoms with E-state index in [-0.39, 0.29) is 18.1 Å². The first kappa shape index (κ1) is 21.9. The van der Waals surface area contributed by atoms with Gasteiger partial charge in [-0.05, 0) is 59.9 Å². The number of ether oxygens (including phenoxy) is 2. The van der Waals surface area contributed by atoms with Crippen LogP contribution in [0.15, 0.2) is 71.9 Å². The fourth-order valence-electron chi connectivity index (χ4n) is 4.78. The molecule has 0 amide bonds. The Hall–Kier alpha value is -3.87. The largest absolute Gasteiger partial charge is 0.493 e. The number of Topliss-reactive ketones (excluding diaryl/α,β-unsaturated/α-hetero) is 1. The minimum Gasteiger partial charge on any atom is -0.493 e. The van der Waals surface area contributed by atoms with E-state index in [1.807, 2.05) is 42.5 Å². The van der Waals surface area contributed by atoms with Gasteiger partial charge in [-0.15, -0.1) is 0 Å². The molecule has 0 aromatic heterocycles. The molecule has 2 aliphatic rings. The van der Waals surface area contributed by atoms with E-state index in [1.54, 1.807) is 14.2 Å². The molecule has 3 aromatic carbocycles. The fraction of sp³-hybridized carbons (Fsp3) is 0.222. The van der Waals surface area contributed by atoms with Crippen LogP contribution in [0.2, 0.25) is 0 Å². The monoisotopic (exact) mass is 462 g/mol. The summed E-state index contributed by atoms with van der Waals surface area (Å²) in [5.41, 5.74) is 4.36. The van der Waals surface area contributed by atoms with Crippen molar-refractivity contribution in [3.8, 4) is 11.5 Å². The van der Waals surface area contributed by atoms with Crippen molar-refractivity contribution >= 4 is 17.2 Å². The van der Waals surface area contributed by atoms with Gasteiger partial charge in [0.15, 0.2) is 28.9 Å². The van der Waals surface area contributed by atoms with Crippen LogP contribution in [0.4, 0.5) is 20.2 Å². The van der Waals surface area contributed by atoms with Crippen LogP contribution in [0.25, 0.3) is 0 Å². The summed E-state index contributed by atoms with van der Waals surface area (Å²) in [6.45, 7) is 0. The van der Waals surface area contributed by atoms with Gasteiger partial charge < -0.3 is 20.1 Å². The average Bonchev–Trinajstić information content (AvgIpc) is 3.02. The lowest BCUT2D eigenvalue weighted by Gasteiger charge is -2.30. The van der Waals surface area contributed by atoms with Gasteiger partial charge in [-0.2, -0.15) is 0 Å². The van der Waals surface area contributed by atoms with Crippen molar-refractivity contribution in [2.24, 2.45) is 0 Å². The number of rotatable bonds is 4. The Morgan fingerprint density at radius 1 is 0.824 bits per heavy atom. The second kappa shape index (κ2) is 8.82. The first-order chi connectivity index (χ1) is 16.5. The molecule has 1 aliphatic carbocycles. The number of nitrogens with one attached hydrogen (secondary N) is 2. The molecule has 5 rings (SSSR count). The van der Waals surface area contributed by atoms with Crippen LogP contribution >= 0.6 is 0 Å². The minimum atomic E-state index is -0.946. The van der Waals surface area contributed by atoms with Gasteiger partial charge in [0, 0.05) is 17.7 Å². The van der Waals surface area contributed by atoms with Gasteiger partial charge in [0.05, 0.1) is 31.6 Å². The van der Waals surface area contributed by atoms with E-state index in [2.05, 4.69) is 10.6 Å². The molecule has 2 N–H and O–H groups in total. The van der Waals surface area contributed by atoms with Crippen LogP contribution in [0.5, 0.6) is 11.5 Å². The molecule has 0 spiro atoms. The molecule has 2 atom stereocenters. The predicted molar refractivity (Wildman–Crippen MR) is 126 cm³/mol. The third kappa shape index (κ3) is 3.87. The Kier molecular flexibility index (Phi) is 5.69. The molecule has 1 heterocycles. The van der Waals surface area contributed by atoms with Gasteiger partial charge >= 0.3 is 0 Å². The van der Waals surface area contributed by atoms with Gasteiger partial charge in [0.25, 0.3) is 0 Å². The zero-order valence-electron chi connectivity index (χ0n) is 18.8. The Morgan fingerprint density at radius 3 is 2.29 bits per heavy atom. The molecule has 34 heavy (non-hydrogen) atoms. The molecule has 0 saturated heterocycles. The average molecular weight is 462 g/mol. The van der Waals surface area contributed by atoms with E-state index in [0.29, 0.717) is 29.1 Å². The van der Waals surface area contributed by atoms with Crippen LogP contribution in [0.3, 0.4) is 0 Å². The Bertz CT molecular complexity index is 1300. The number of carbonyl (C=O) groups excluding carboxylic acids is 1. The van der Waals surface area contributed by atoms with E-state index in [9.17, 15) is 13.6 Å². The van der Waals surface area contributed by atoms with E-state index in [1.165, 1.54) is 6.07 Å². The molecule has 174 valence electrons. The van der Waals surface area contributed by atoms with Crippen molar-refractivity contribution in [2.75, 3.05) is 24.9 Å². The lowest BCUT2D eigenvalue weighted by atomic mass is 9.78. The van der Waals surface area contributed by atoms with E-state index in [0.717, 1.165) is 34.8 Å². The first-order valence-electron chi connectivity index (χ1n) is 11.0. The number of carbonyl (C=O) groups is 1. The van der Waals surface area contributed by atoms with Crippen LogP contribution in [0.1, 0.15) is 35.9 Å². The summed E-state index contributed by atoms with van der Waals surface area (Å²) in [5.74, 6) is -0.768. The zero-order valence-corrected chi connectivity index (χ0v) is 18.8. The van der Waals surface area contributed by atoms with Gasteiger partial charge in [-0.25, -0.2) is 8.78 Å². The summed E-state index contributed by atoms with van der Waals surface area (Å²) in [6.07, 6.45) is 0.862. The lowest BCUT2D eigenvalue weighted by molar-refractivity contribution is -0.116. The molecular weight excluding hydrogens is 438 g/mol. The summed E-state index contributed by atoms with van der Waals surface area (Å²) < 4.78 is 38.6. The topological polar surface area (TPSA) is 59.6 Å². The highest BCUT2D eigenvalue weighted by atomic mass is 19.2. The standard InChI is InChI=1S/C27H24F2N2O3/c1-33-24-10-8-15(14-25(24)34-2)17-12-22-26(23(32)13-17)27(16-7-9-18(28)19(29)11-16)31-21-6-4-3-5-20(21)30-22/h3-11,14,17,27,30-31H,12-13H2,1-2H3. The Labute approximate surface area is 196 Å². The maximum Gasteiger partial charge on any atom is 0.163 e. The number of halogens is 2. The molecule has 0 radical (unpaired) electrons. The normalized spacial score (nSPS) is 19.4.